The second kappa shape index (κ2) is 10.0. The molecule has 0 aliphatic rings. The molecule has 2 aromatic heterocycles. The van der Waals surface area contributed by atoms with E-state index in [9.17, 15) is 18.0 Å². The van der Waals surface area contributed by atoms with Crippen LogP contribution in [0.15, 0.2) is 78.0 Å². The van der Waals surface area contributed by atoms with E-state index in [0.717, 1.165) is 0 Å². The highest BCUT2D eigenvalue weighted by atomic mass is 32.2. The largest absolute Gasteiger partial charge is 0.497 e. The van der Waals surface area contributed by atoms with Crippen LogP contribution in [-0.4, -0.2) is 45.4 Å². The Hall–Kier alpha value is -4.25. The number of aromatic nitrogens is 4. The third-order valence-corrected chi connectivity index (χ3v) is 7.79. The minimum absolute atomic E-state index is 0.244. The summed E-state index contributed by atoms with van der Waals surface area (Å²) in [4.78, 5) is 30.3. The molecule has 0 amide bonds. The monoisotopic (exact) mass is 521 g/mol. The molecule has 4 aromatic rings. The first-order chi connectivity index (χ1) is 17.5. The maximum Gasteiger partial charge on any atom is 0.254 e. The summed E-state index contributed by atoms with van der Waals surface area (Å²) in [6, 6.07) is 16.6. The number of ether oxygens (including phenoxy) is 1. The van der Waals surface area contributed by atoms with Crippen LogP contribution in [0, 0.1) is 0 Å². The average Bonchev–Trinajstić information content (AvgIpc) is 3.35. The minimum atomic E-state index is -3.69. The number of nitrogens with zero attached hydrogens (tertiary/aromatic N) is 4. The fourth-order valence-corrected chi connectivity index (χ4v) is 4.24. The smallest absolute Gasteiger partial charge is 0.254 e. The summed E-state index contributed by atoms with van der Waals surface area (Å²) in [6.07, 6.45) is 2.79. The van der Waals surface area contributed by atoms with E-state index in [1.54, 1.807) is 82.5 Å². The summed E-state index contributed by atoms with van der Waals surface area (Å²) in [5.41, 5.74) is 1.56. The summed E-state index contributed by atoms with van der Waals surface area (Å²) >= 11 is 0. The van der Waals surface area contributed by atoms with Crippen molar-refractivity contribution >= 4 is 21.5 Å². The molecule has 0 bridgehead atoms. The highest BCUT2D eigenvalue weighted by Gasteiger charge is 2.29. The molecule has 0 saturated heterocycles. The van der Waals surface area contributed by atoms with Gasteiger partial charge in [0, 0.05) is 11.6 Å². The van der Waals surface area contributed by atoms with Gasteiger partial charge in [0.1, 0.15) is 11.4 Å². The lowest BCUT2D eigenvalue weighted by molar-refractivity contribution is 0.0962. The van der Waals surface area contributed by atoms with Gasteiger partial charge in [0.15, 0.2) is 0 Å². The lowest BCUT2D eigenvalue weighted by Gasteiger charge is -2.21. The fourth-order valence-electron chi connectivity index (χ4n) is 3.46. The molecule has 2 heterocycles. The summed E-state index contributed by atoms with van der Waals surface area (Å²) in [5.74, 6) is 0.345. The summed E-state index contributed by atoms with van der Waals surface area (Å²) in [6.45, 7) is 4.53. The molecule has 37 heavy (non-hydrogen) atoms. The van der Waals surface area contributed by atoms with Crippen molar-refractivity contribution in [3.8, 4) is 22.7 Å². The zero-order valence-electron chi connectivity index (χ0n) is 20.9. The summed E-state index contributed by atoms with van der Waals surface area (Å²) in [5, 5.41) is 4.23. The number of nitrogens with one attached hydrogen (secondary N) is 1. The van der Waals surface area contributed by atoms with Gasteiger partial charge in [-0.2, -0.15) is 5.10 Å². The van der Waals surface area contributed by atoms with Crippen LogP contribution in [0.5, 0.6) is 5.75 Å². The maximum atomic E-state index is 13.1. The number of hydrogen-bond acceptors (Lipinski definition) is 7. The molecule has 11 heteroatoms. The number of Topliss-reactive ketones (excluding diaryl/α,β-unsaturated/α-hetero) is 1. The van der Waals surface area contributed by atoms with E-state index < -0.39 is 20.3 Å². The van der Waals surface area contributed by atoms with Crippen LogP contribution in [0.4, 0.5) is 5.69 Å². The summed E-state index contributed by atoms with van der Waals surface area (Å²) in [7, 11) is -2.13. The Morgan fingerprint density at radius 3 is 2.41 bits per heavy atom. The van der Waals surface area contributed by atoms with E-state index in [-0.39, 0.29) is 18.0 Å². The van der Waals surface area contributed by atoms with Gasteiger partial charge in [-0.1, -0.05) is 18.2 Å². The molecule has 192 valence electrons. The van der Waals surface area contributed by atoms with Gasteiger partial charge < -0.3 is 4.74 Å². The first kappa shape index (κ1) is 25.8. The van der Waals surface area contributed by atoms with E-state index in [4.69, 9.17) is 4.74 Å². The Labute approximate surface area is 214 Å². The number of anilines is 1. The number of benzene rings is 2. The third kappa shape index (κ3) is 5.46. The van der Waals surface area contributed by atoms with Crippen molar-refractivity contribution in [1.82, 2.24) is 19.3 Å². The molecule has 0 saturated carbocycles. The molecular weight excluding hydrogens is 494 g/mol. The maximum absolute atomic E-state index is 13.1. The lowest BCUT2D eigenvalue weighted by atomic mass is 10.1. The molecule has 4 rings (SSSR count). The topological polar surface area (TPSA) is 125 Å². The molecule has 1 N–H and O–H groups in total. The Morgan fingerprint density at radius 2 is 1.76 bits per heavy atom. The molecule has 0 spiro atoms. The van der Waals surface area contributed by atoms with Crippen molar-refractivity contribution in [2.75, 3.05) is 11.8 Å². The van der Waals surface area contributed by atoms with Gasteiger partial charge in [0.2, 0.25) is 15.8 Å². The van der Waals surface area contributed by atoms with Crippen LogP contribution in [0.2, 0.25) is 0 Å². The van der Waals surface area contributed by atoms with Gasteiger partial charge in [0.05, 0.1) is 48.0 Å². The number of para-hydroxylation sites is 1. The lowest BCUT2D eigenvalue weighted by Crippen LogP contribution is -2.33. The number of hydrogen-bond donors (Lipinski definition) is 1. The Morgan fingerprint density at radius 1 is 1.05 bits per heavy atom. The molecule has 2 aromatic carbocycles. The van der Waals surface area contributed by atoms with Gasteiger partial charge in [-0.15, -0.1) is 0 Å². The van der Waals surface area contributed by atoms with Crippen molar-refractivity contribution in [1.29, 1.82) is 0 Å². The molecule has 10 nitrogen and oxygen atoms in total. The fraction of sp³-hybridized carbons (Fsp3) is 0.231. The van der Waals surface area contributed by atoms with Gasteiger partial charge in [-0.05, 0) is 57.2 Å². The van der Waals surface area contributed by atoms with E-state index in [2.05, 4.69) is 14.8 Å². The second-order valence-corrected chi connectivity index (χ2v) is 11.7. The number of carbonyl (C=O) groups is 1. The molecule has 0 aliphatic carbocycles. The zero-order chi connectivity index (χ0) is 26.8. The highest BCUT2D eigenvalue weighted by Crippen LogP contribution is 2.28. The number of sulfonamides is 1. The molecule has 0 radical (unpaired) electrons. The van der Waals surface area contributed by atoms with Crippen LogP contribution in [0.1, 0.15) is 31.3 Å². The second-order valence-electron chi connectivity index (χ2n) is 9.25. The van der Waals surface area contributed by atoms with E-state index in [0.29, 0.717) is 28.4 Å². The normalized spacial score (nSPS) is 11.8. The SMILES string of the molecule is COc1ccc(-n2nccc2C(=O)Cn2cnc(-c3ccccc3NS(=O)(=O)C(C)(C)C)cc2=O)cc1. The van der Waals surface area contributed by atoms with E-state index >= 15 is 0 Å². The molecule has 0 unspecified atom stereocenters. The van der Waals surface area contributed by atoms with Crippen LogP contribution >= 0.6 is 0 Å². The van der Waals surface area contributed by atoms with Crippen LogP contribution < -0.4 is 15.0 Å². The van der Waals surface area contributed by atoms with E-state index in [1.807, 2.05) is 0 Å². The summed E-state index contributed by atoms with van der Waals surface area (Å²) < 4.78 is 34.8. The van der Waals surface area contributed by atoms with Crippen LogP contribution in [-0.2, 0) is 16.6 Å². The third-order valence-electron chi connectivity index (χ3n) is 5.69. The van der Waals surface area contributed by atoms with Crippen molar-refractivity contribution < 1.29 is 17.9 Å². The molecule has 0 fully saturated rings. The number of methoxy groups -OCH3 is 1. The van der Waals surface area contributed by atoms with Crippen molar-refractivity contribution in [3.63, 3.8) is 0 Å². The van der Waals surface area contributed by atoms with Gasteiger partial charge in [-0.25, -0.2) is 18.1 Å². The van der Waals surface area contributed by atoms with Gasteiger partial charge in [0.25, 0.3) is 5.56 Å². The number of ketones is 1. The number of rotatable bonds is 8. The quantitative estimate of drug-likeness (QED) is 0.352. The zero-order valence-corrected chi connectivity index (χ0v) is 21.7. The Bertz CT molecular complexity index is 1600. The van der Waals surface area contributed by atoms with Crippen LogP contribution in [0.3, 0.4) is 0 Å². The van der Waals surface area contributed by atoms with Crippen molar-refractivity contribution in [2.24, 2.45) is 0 Å². The van der Waals surface area contributed by atoms with Crippen molar-refractivity contribution in [2.45, 2.75) is 32.1 Å². The standard InChI is InChI=1S/C26H27N5O5S/c1-26(2,3)37(34,35)29-21-8-6-5-7-20(21)22-15-25(33)30(17-27-22)16-24(32)23-13-14-28-31(23)18-9-11-19(36-4)12-10-18/h5-15,17,29H,16H2,1-4H3. The predicted molar refractivity (Wildman–Crippen MR) is 141 cm³/mol. The van der Waals surface area contributed by atoms with Gasteiger partial charge >= 0.3 is 0 Å². The molecular formula is C26H27N5O5S. The minimum Gasteiger partial charge on any atom is -0.497 e. The number of carbonyl (C=O) groups excluding carboxylic acids is 1. The Kier molecular flexibility index (Phi) is 6.99. The Balaban J connectivity index is 1.59. The first-order valence-corrected chi connectivity index (χ1v) is 12.9. The van der Waals surface area contributed by atoms with E-state index in [1.165, 1.54) is 27.8 Å². The first-order valence-electron chi connectivity index (χ1n) is 11.4. The molecule has 0 atom stereocenters. The highest BCUT2D eigenvalue weighted by molar-refractivity contribution is 7.94. The predicted octanol–water partition coefficient (Wildman–Crippen LogP) is 3.53. The van der Waals surface area contributed by atoms with Crippen LogP contribution in [0.25, 0.3) is 16.9 Å². The van der Waals surface area contributed by atoms with Crippen molar-refractivity contribution in [3.05, 3.63) is 89.2 Å². The average molecular weight is 522 g/mol. The molecule has 0 aliphatic heterocycles. The van der Waals surface area contributed by atoms with Gasteiger partial charge in [-0.3, -0.25) is 18.9 Å².